The van der Waals surface area contributed by atoms with E-state index in [-0.39, 0.29) is 11.9 Å². The molecule has 0 saturated carbocycles. The number of pyridine rings is 1. The molecule has 0 aliphatic rings. The molecule has 0 aromatic carbocycles. The van der Waals surface area contributed by atoms with Crippen molar-refractivity contribution in [3.8, 4) is 0 Å². The van der Waals surface area contributed by atoms with Crippen LogP contribution in [0.1, 0.15) is 31.9 Å². The minimum Gasteiger partial charge on any atom is -0.339 e. The quantitative estimate of drug-likeness (QED) is 0.734. The van der Waals surface area contributed by atoms with Crippen LogP contribution in [0.5, 0.6) is 0 Å². The van der Waals surface area contributed by atoms with Crippen LogP contribution in [-0.4, -0.2) is 22.8 Å². The summed E-state index contributed by atoms with van der Waals surface area (Å²) in [6, 6.07) is 3.96. The Kier molecular flexibility index (Phi) is 3.63. The highest BCUT2D eigenvalue weighted by atomic mass is 16.2. The molecule has 0 spiro atoms. The molecular weight excluding hydrogens is 176 g/mol. The first kappa shape index (κ1) is 10.7. The Balaban J connectivity index is 2.75. The summed E-state index contributed by atoms with van der Waals surface area (Å²) in [6.07, 6.45) is 4.07. The monoisotopic (exact) mass is 192 g/mol. The van der Waals surface area contributed by atoms with Crippen molar-refractivity contribution in [2.24, 2.45) is 0 Å². The van der Waals surface area contributed by atoms with Crippen LogP contribution in [0.25, 0.3) is 0 Å². The lowest BCUT2D eigenvalue weighted by molar-refractivity contribution is -0.131. The minimum atomic E-state index is 0.0937. The van der Waals surface area contributed by atoms with Crippen LogP contribution < -0.4 is 0 Å². The molecule has 3 nitrogen and oxygen atoms in total. The Labute approximate surface area is 84.8 Å². The van der Waals surface area contributed by atoms with E-state index < -0.39 is 0 Å². The van der Waals surface area contributed by atoms with E-state index in [1.54, 1.807) is 17.3 Å². The van der Waals surface area contributed by atoms with Gasteiger partial charge in [-0.25, -0.2) is 0 Å². The first-order chi connectivity index (χ1) is 6.66. The third-order valence-electron chi connectivity index (χ3n) is 2.44. The first-order valence-corrected chi connectivity index (χ1v) is 4.82. The lowest BCUT2D eigenvalue weighted by Gasteiger charge is -2.24. The van der Waals surface area contributed by atoms with Gasteiger partial charge in [-0.3, -0.25) is 9.78 Å². The molecule has 3 heteroatoms. The van der Waals surface area contributed by atoms with Crippen LogP contribution >= 0.6 is 0 Å². The molecule has 1 heterocycles. The predicted molar refractivity (Wildman–Crippen MR) is 55.7 cm³/mol. The van der Waals surface area contributed by atoms with Crippen molar-refractivity contribution in [3.63, 3.8) is 0 Å². The standard InChI is InChI=1S/C11H16N2O/c1-4-11(14)13(3)9(2)10-6-5-7-12-8-10/h5-9H,4H2,1-3H3. The van der Waals surface area contributed by atoms with Crippen molar-refractivity contribution in [2.75, 3.05) is 7.05 Å². The second kappa shape index (κ2) is 4.74. The van der Waals surface area contributed by atoms with Gasteiger partial charge < -0.3 is 4.90 Å². The van der Waals surface area contributed by atoms with Gasteiger partial charge >= 0.3 is 0 Å². The predicted octanol–water partition coefficient (Wildman–Crippen LogP) is 2.01. The third kappa shape index (κ3) is 2.31. The molecular formula is C11H16N2O. The van der Waals surface area contributed by atoms with E-state index >= 15 is 0 Å². The third-order valence-corrected chi connectivity index (χ3v) is 2.44. The molecule has 0 N–H and O–H groups in total. The highest BCUT2D eigenvalue weighted by Gasteiger charge is 2.15. The highest BCUT2D eigenvalue weighted by Crippen LogP contribution is 2.17. The molecule has 0 fully saturated rings. The van der Waals surface area contributed by atoms with Gasteiger partial charge in [-0.15, -0.1) is 0 Å². The summed E-state index contributed by atoms with van der Waals surface area (Å²) in [7, 11) is 1.82. The van der Waals surface area contributed by atoms with Gasteiger partial charge in [0.05, 0.1) is 6.04 Å². The topological polar surface area (TPSA) is 33.2 Å². The van der Waals surface area contributed by atoms with Crippen LogP contribution in [0.3, 0.4) is 0 Å². The Morgan fingerprint density at radius 3 is 2.86 bits per heavy atom. The van der Waals surface area contributed by atoms with E-state index in [1.165, 1.54) is 0 Å². The number of aromatic nitrogens is 1. The SMILES string of the molecule is CCC(=O)N(C)C(C)c1cccnc1. The molecule has 1 unspecified atom stereocenters. The molecule has 0 radical (unpaired) electrons. The minimum absolute atomic E-state index is 0.0937. The Morgan fingerprint density at radius 2 is 2.36 bits per heavy atom. The maximum Gasteiger partial charge on any atom is 0.222 e. The van der Waals surface area contributed by atoms with Crippen molar-refractivity contribution >= 4 is 5.91 Å². The van der Waals surface area contributed by atoms with Crippen LogP contribution in [0, 0.1) is 0 Å². The largest absolute Gasteiger partial charge is 0.339 e. The zero-order valence-corrected chi connectivity index (χ0v) is 8.90. The molecule has 0 bridgehead atoms. The second-order valence-electron chi connectivity index (χ2n) is 3.32. The van der Waals surface area contributed by atoms with Gasteiger partial charge in [0.25, 0.3) is 0 Å². The number of carbonyl (C=O) groups is 1. The van der Waals surface area contributed by atoms with Crippen molar-refractivity contribution in [1.29, 1.82) is 0 Å². The van der Waals surface area contributed by atoms with E-state index in [2.05, 4.69) is 4.98 Å². The molecule has 76 valence electrons. The zero-order chi connectivity index (χ0) is 10.6. The van der Waals surface area contributed by atoms with Crippen LogP contribution in [0.15, 0.2) is 24.5 Å². The second-order valence-corrected chi connectivity index (χ2v) is 3.32. The molecule has 0 saturated heterocycles. The summed E-state index contributed by atoms with van der Waals surface area (Å²) in [5, 5.41) is 0. The summed E-state index contributed by atoms with van der Waals surface area (Å²) in [6.45, 7) is 3.87. The average molecular weight is 192 g/mol. The van der Waals surface area contributed by atoms with Gasteiger partial charge in [0.15, 0.2) is 0 Å². The Bertz CT molecular complexity index is 297. The van der Waals surface area contributed by atoms with Crippen LogP contribution in [-0.2, 0) is 4.79 Å². The summed E-state index contributed by atoms with van der Waals surface area (Å²) >= 11 is 0. The summed E-state index contributed by atoms with van der Waals surface area (Å²) in [5.74, 6) is 0.154. The lowest BCUT2D eigenvalue weighted by atomic mass is 10.1. The normalized spacial score (nSPS) is 12.2. The molecule has 14 heavy (non-hydrogen) atoms. The van der Waals surface area contributed by atoms with Gasteiger partial charge in [0.2, 0.25) is 5.91 Å². The number of nitrogens with zero attached hydrogens (tertiary/aromatic N) is 2. The molecule has 1 aromatic heterocycles. The fourth-order valence-corrected chi connectivity index (χ4v) is 1.31. The van der Waals surface area contributed by atoms with E-state index in [0.29, 0.717) is 6.42 Å². The number of rotatable bonds is 3. The molecule has 1 amide bonds. The van der Waals surface area contributed by atoms with E-state index in [0.717, 1.165) is 5.56 Å². The zero-order valence-electron chi connectivity index (χ0n) is 8.90. The van der Waals surface area contributed by atoms with E-state index in [1.807, 2.05) is 33.0 Å². The van der Waals surface area contributed by atoms with Gasteiger partial charge in [-0.2, -0.15) is 0 Å². The highest BCUT2D eigenvalue weighted by molar-refractivity contribution is 5.75. The van der Waals surface area contributed by atoms with Crippen molar-refractivity contribution in [3.05, 3.63) is 30.1 Å². The fraction of sp³-hybridized carbons (Fsp3) is 0.455. The fourth-order valence-electron chi connectivity index (χ4n) is 1.31. The van der Waals surface area contributed by atoms with E-state index in [4.69, 9.17) is 0 Å². The molecule has 0 aliphatic carbocycles. The maximum absolute atomic E-state index is 11.4. The molecule has 0 aliphatic heterocycles. The van der Waals surface area contributed by atoms with Crippen LogP contribution in [0.2, 0.25) is 0 Å². The van der Waals surface area contributed by atoms with Gasteiger partial charge in [-0.05, 0) is 18.6 Å². The molecule has 1 rings (SSSR count). The van der Waals surface area contributed by atoms with Crippen molar-refractivity contribution < 1.29 is 4.79 Å². The number of carbonyl (C=O) groups excluding carboxylic acids is 1. The van der Waals surface area contributed by atoms with Crippen molar-refractivity contribution in [1.82, 2.24) is 9.88 Å². The van der Waals surface area contributed by atoms with E-state index in [9.17, 15) is 4.79 Å². The lowest BCUT2D eigenvalue weighted by Crippen LogP contribution is -2.28. The number of hydrogen-bond acceptors (Lipinski definition) is 2. The van der Waals surface area contributed by atoms with Gasteiger partial charge in [0, 0.05) is 25.9 Å². The Hall–Kier alpha value is -1.38. The first-order valence-electron chi connectivity index (χ1n) is 4.82. The Morgan fingerprint density at radius 1 is 1.64 bits per heavy atom. The van der Waals surface area contributed by atoms with Crippen LogP contribution in [0.4, 0.5) is 0 Å². The smallest absolute Gasteiger partial charge is 0.222 e. The summed E-state index contributed by atoms with van der Waals surface area (Å²) < 4.78 is 0. The van der Waals surface area contributed by atoms with Gasteiger partial charge in [-0.1, -0.05) is 13.0 Å². The summed E-state index contributed by atoms with van der Waals surface area (Å²) in [5.41, 5.74) is 1.07. The number of hydrogen-bond donors (Lipinski definition) is 0. The average Bonchev–Trinajstić information content (AvgIpc) is 2.27. The number of amides is 1. The summed E-state index contributed by atoms with van der Waals surface area (Å²) in [4.78, 5) is 17.2. The maximum atomic E-state index is 11.4. The van der Waals surface area contributed by atoms with Crippen molar-refractivity contribution in [2.45, 2.75) is 26.3 Å². The molecule has 1 atom stereocenters. The molecule has 1 aromatic rings. The van der Waals surface area contributed by atoms with Gasteiger partial charge in [0.1, 0.15) is 0 Å².